The van der Waals surface area contributed by atoms with Crippen LogP contribution < -0.4 is 0 Å². The number of hydrogen-bond acceptors (Lipinski definition) is 2. The topological polar surface area (TPSA) is 23.5 Å². The largest absolute Gasteiger partial charge is 0.388 e. The zero-order valence-electron chi connectivity index (χ0n) is 11.8. The van der Waals surface area contributed by atoms with E-state index in [-0.39, 0.29) is 11.7 Å². The van der Waals surface area contributed by atoms with E-state index in [1.54, 1.807) is 18.2 Å². The molecular weight excluding hydrogens is 241 g/mol. The van der Waals surface area contributed by atoms with Crippen LogP contribution in [0.4, 0.5) is 4.39 Å². The average molecular weight is 265 g/mol. The fraction of sp³-hybridized carbons (Fsp3) is 0.625. The Hall–Kier alpha value is -0.930. The molecule has 0 heterocycles. The van der Waals surface area contributed by atoms with Gasteiger partial charge in [-0.1, -0.05) is 31.5 Å². The predicted octanol–water partition coefficient (Wildman–Crippen LogP) is 3.23. The maximum Gasteiger partial charge on any atom is 0.129 e. The summed E-state index contributed by atoms with van der Waals surface area (Å²) in [4.78, 5) is 2.26. The lowest BCUT2D eigenvalue weighted by Gasteiger charge is -2.32. The summed E-state index contributed by atoms with van der Waals surface area (Å²) in [5, 5.41) is 10.3. The summed E-state index contributed by atoms with van der Waals surface area (Å²) >= 11 is 0. The maximum atomic E-state index is 13.6. The summed E-state index contributed by atoms with van der Waals surface area (Å²) in [7, 11) is 2.09. The second-order valence-electron chi connectivity index (χ2n) is 5.96. The summed E-state index contributed by atoms with van der Waals surface area (Å²) in [6.07, 6.45) is 3.28. The van der Waals surface area contributed by atoms with Crippen molar-refractivity contribution in [3.05, 3.63) is 35.6 Å². The number of benzene rings is 1. The fourth-order valence-electron chi connectivity index (χ4n) is 2.80. The Labute approximate surface area is 115 Å². The number of aliphatic hydroxyl groups is 1. The zero-order valence-corrected chi connectivity index (χ0v) is 11.8. The molecule has 0 aliphatic heterocycles. The summed E-state index contributed by atoms with van der Waals surface area (Å²) in [6.45, 7) is 3.87. The third-order valence-corrected chi connectivity index (χ3v) is 4.16. The fourth-order valence-corrected chi connectivity index (χ4v) is 2.80. The molecule has 1 aliphatic carbocycles. The van der Waals surface area contributed by atoms with Crippen molar-refractivity contribution in [2.75, 3.05) is 20.1 Å². The van der Waals surface area contributed by atoms with Gasteiger partial charge in [0.1, 0.15) is 5.82 Å². The van der Waals surface area contributed by atoms with E-state index in [0.717, 1.165) is 19.0 Å². The highest BCUT2D eigenvalue weighted by Gasteiger charge is 2.23. The number of hydrogen-bond donors (Lipinski definition) is 1. The molecule has 106 valence electrons. The maximum absolute atomic E-state index is 13.6. The minimum atomic E-state index is -0.731. The van der Waals surface area contributed by atoms with Crippen LogP contribution in [-0.2, 0) is 0 Å². The summed E-state index contributed by atoms with van der Waals surface area (Å²) < 4.78 is 13.6. The molecule has 2 atom stereocenters. The lowest BCUT2D eigenvalue weighted by Crippen LogP contribution is -2.34. The van der Waals surface area contributed by atoms with Crippen molar-refractivity contribution in [3.8, 4) is 0 Å². The molecule has 0 bridgehead atoms. The molecule has 19 heavy (non-hydrogen) atoms. The highest BCUT2D eigenvalue weighted by atomic mass is 19.1. The average Bonchev–Trinajstić information content (AvgIpc) is 2.33. The van der Waals surface area contributed by atoms with Crippen molar-refractivity contribution in [2.45, 2.75) is 32.3 Å². The number of nitrogens with zero attached hydrogens (tertiary/aromatic N) is 1. The Kier molecular flexibility index (Phi) is 4.94. The SMILES string of the molecule is CC(CN(C)CC1CCC1)C(O)c1ccccc1F. The first-order chi connectivity index (χ1) is 9.08. The van der Waals surface area contributed by atoms with Crippen LogP contribution in [0.2, 0.25) is 0 Å². The number of rotatable bonds is 6. The van der Waals surface area contributed by atoms with Gasteiger partial charge in [-0.2, -0.15) is 0 Å². The Bertz CT molecular complexity index is 405. The first-order valence-corrected chi connectivity index (χ1v) is 7.19. The van der Waals surface area contributed by atoms with Gasteiger partial charge in [-0.25, -0.2) is 4.39 Å². The number of aliphatic hydroxyl groups excluding tert-OH is 1. The minimum Gasteiger partial charge on any atom is -0.388 e. The smallest absolute Gasteiger partial charge is 0.129 e. The molecule has 2 nitrogen and oxygen atoms in total. The molecule has 3 heteroatoms. The normalized spacial score (nSPS) is 19.2. The molecule has 0 aromatic heterocycles. The van der Waals surface area contributed by atoms with E-state index in [1.807, 2.05) is 6.92 Å². The standard InChI is InChI=1S/C16H24FNO/c1-12(10-18(2)11-13-6-5-7-13)16(19)14-8-3-4-9-15(14)17/h3-4,8-9,12-13,16,19H,5-7,10-11H2,1-2H3. The van der Waals surface area contributed by atoms with Crippen LogP contribution in [0.25, 0.3) is 0 Å². The molecule has 0 saturated heterocycles. The van der Waals surface area contributed by atoms with Gasteiger partial charge in [-0.05, 0) is 37.8 Å². The van der Waals surface area contributed by atoms with Gasteiger partial charge in [0.25, 0.3) is 0 Å². The van der Waals surface area contributed by atoms with E-state index >= 15 is 0 Å². The van der Waals surface area contributed by atoms with E-state index in [9.17, 15) is 9.50 Å². The molecule has 1 aromatic rings. The van der Waals surface area contributed by atoms with Gasteiger partial charge in [-0.3, -0.25) is 0 Å². The van der Waals surface area contributed by atoms with Crippen LogP contribution in [0.1, 0.15) is 37.9 Å². The monoisotopic (exact) mass is 265 g/mol. The van der Waals surface area contributed by atoms with Gasteiger partial charge in [-0.15, -0.1) is 0 Å². The van der Waals surface area contributed by atoms with Crippen molar-refractivity contribution in [3.63, 3.8) is 0 Å². The second-order valence-corrected chi connectivity index (χ2v) is 5.96. The van der Waals surface area contributed by atoms with Crippen molar-refractivity contribution in [1.29, 1.82) is 0 Å². The van der Waals surface area contributed by atoms with E-state index in [2.05, 4.69) is 11.9 Å². The number of halogens is 1. The van der Waals surface area contributed by atoms with Gasteiger partial charge in [0, 0.05) is 18.7 Å². The Morgan fingerprint density at radius 1 is 1.37 bits per heavy atom. The van der Waals surface area contributed by atoms with Gasteiger partial charge >= 0.3 is 0 Å². The van der Waals surface area contributed by atoms with Crippen LogP contribution in [0.3, 0.4) is 0 Å². The molecule has 2 unspecified atom stereocenters. The van der Waals surface area contributed by atoms with E-state index in [1.165, 1.54) is 25.3 Å². The zero-order chi connectivity index (χ0) is 13.8. The second kappa shape index (κ2) is 6.49. The van der Waals surface area contributed by atoms with Crippen LogP contribution in [-0.4, -0.2) is 30.1 Å². The first kappa shape index (κ1) is 14.5. The van der Waals surface area contributed by atoms with Crippen molar-refractivity contribution >= 4 is 0 Å². The Morgan fingerprint density at radius 2 is 2.05 bits per heavy atom. The van der Waals surface area contributed by atoms with Gasteiger partial charge < -0.3 is 10.0 Å². The van der Waals surface area contributed by atoms with Crippen LogP contribution in [0.5, 0.6) is 0 Å². The lowest BCUT2D eigenvalue weighted by atomic mass is 9.85. The molecule has 1 fully saturated rings. The molecule has 2 rings (SSSR count). The molecule has 1 saturated carbocycles. The molecule has 1 N–H and O–H groups in total. The van der Waals surface area contributed by atoms with Crippen molar-refractivity contribution < 1.29 is 9.50 Å². The lowest BCUT2D eigenvalue weighted by molar-refractivity contribution is 0.0829. The van der Waals surface area contributed by atoms with Gasteiger partial charge in [0.2, 0.25) is 0 Å². The molecule has 0 radical (unpaired) electrons. The molecule has 1 aliphatic rings. The van der Waals surface area contributed by atoms with Crippen LogP contribution in [0.15, 0.2) is 24.3 Å². The highest BCUT2D eigenvalue weighted by Crippen LogP contribution is 2.28. The predicted molar refractivity (Wildman–Crippen MR) is 75.4 cm³/mol. The highest BCUT2D eigenvalue weighted by molar-refractivity contribution is 5.20. The van der Waals surface area contributed by atoms with Gasteiger partial charge in [0.05, 0.1) is 6.10 Å². The van der Waals surface area contributed by atoms with Gasteiger partial charge in [0.15, 0.2) is 0 Å². The Balaban J connectivity index is 1.87. The van der Waals surface area contributed by atoms with Crippen LogP contribution in [0, 0.1) is 17.7 Å². The third-order valence-electron chi connectivity index (χ3n) is 4.16. The molecule has 0 spiro atoms. The molecular formula is C16H24FNO. The Morgan fingerprint density at radius 3 is 2.63 bits per heavy atom. The minimum absolute atomic E-state index is 0.0296. The van der Waals surface area contributed by atoms with E-state index in [4.69, 9.17) is 0 Å². The summed E-state index contributed by atoms with van der Waals surface area (Å²) in [6, 6.07) is 6.50. The molecule has 1 aromatic carbocycles. The summed E-state index contributed by atoms with van der Waals surface area (Å²) in [5.74, 6) is 0.535. The van der Waals surface area contributed by atoms with Crippen LogP contribution >= 0.6 is 0 Å². The van der Waals surface area contributed by atoms with Crippen molar-refractivity contribution in [1.82, 2.24) is 4.90 Å². The summed E-state index contributed by atoms with van der Waals surface area (Å²) in [5.41, 5.74) is 0.409. The molecule has 0 amide bonds. The quantitative estimate of drug-likeness (QED) is 0.853. The first-order valence-electron chi connectivity index (χ1n) is 7.19. The van der Waals surface area contributed by atoms with Crippen molar-refractivity contribution in [2.24, 2.45) is 11.8 Å². The third kappa shape index (κ3) is 3.77. The van der Waals surface area contributed by atoms with E-state index in [0.29, 0.717) is 5.56 Å². The van der Waals surface area contributed by atoms with E-state index < -0.39 is 6.10 Å².